The first-order valence-electron chi connectivity index (χ1n) is 9.94. The van der Waals surface area contributed by atoms with E-state index in [4.69, 9.17) is 13.9 Å². The standard InChI is InChI=1S/C25H21N3O4/c1-2-30-24-13-18(12-21(15-27)25(29)28-16-22-8-5-11-31-22)9-10-23(24)32-17-20-7-4-3-6-19(20)14-26/h3-13H,2,16-17H2,1H3,(H,28,29)/b21-12+. The van der Waals surface area contributed by atoms with Gasteiger partial charge in [-0.05, 0) is 48.9 Å². The highest BCUT2D eigenvalue weighted by atomic mass is 16.5. The van der Waals surface area contributed by atoms with Crippen LogP contribution >= 0.6 is 0 Å². The molecule has 0 unspecified atom stereocenters. The maximum atomic E-state index is 12.3. The average molecular weight is 427 g/mol. The molecule has 0 saturated heterocycles. The molecule has 7 nitrogen and oxygen atoms in total. The van der Waals surface area contributed by atoms with Gasteiger partial charge < -0.3 is 19.2 Å². The number of ether oxygens (including phenoxy) is 2. The summed E-state index contributed by atoms with van der Waals surface area (Å²) < 4.78 is 16.7. The number of nitriles is 2. The van der Waals surface area contributed by atoms with E-state index in [1.54, 1.807) is 42.5 Å². The van der Waals surface area contributed by atoms with Crippen LogP contribution in [0.15, 0.2) is 70.9 Å². The molecule has 0 bridgehead atoms. The zero-order valence-electron chi connectivity index (χ0n) is 17.5. The molecule has 0 aliphatic rings. The smallest absolute Gasteiger partial charge is 0.262 e. The lowest BCUT2D eigenvalue weighted by Gasteiger charge is -2.13. The molecule has 3 rings (SSSR count). The highest BCUT2D eigenvalue weighted by Gasteiger charge is 2.12. The van der Waals surface area contributed by atoms with Crippen LogP contribution in [0.25, 0.3) is 6.08 Å². The van der Waals surface area contributed by atoms with E-state index >= 15 is 0 Å². The number of hydrogen-bond acceptors (Lipinski definition) is 6. The molecule has 0 saturated carbocycles. The summed E-state index contributed by atoms with van der Waals surface area (Å²) in [6.07, 6.45) is 3.00. The number of rotatable bonds is 9. The quantitative estimate of drug-likeness (QED) is 0.402. The molecule has 7 heteroatoms. The highest BCUT2D eigenvalue weighted by molar-refractivity contribution is 6.01. The summed E-state index contributed by atoms with van der Waals surface area (Å²) in [7, 11) is 0. The third kappa shape index (κ3) is 5.78. The van der Waals surface area contributed by atoms with E-state index in [-0.39, 0.29) is 18.7 Å². The molecule has 0 atom stereocenters. The normalized spacial score (nSPS) is 10.7. The van der Waals surface area contributed by atoms with Gasteiger partial charge in [-0.3, -0.25) is 4.79 Å². The van der Waals surface area contributed by atoms with Crippen molar-refractivity contribution in [3.05, 3.63) is 88.9 Å². The fourth-order valence-electron chi connectivity index (χ4n) is 2.90. The first-order valence-corrected chi connectivity index (χ1v) is 9.94. The van der Waals surface area contributed by atoms with Crippen LogP contribution in [-0.2, 0) is 17.9 Å². The Hall–Kier alpha value is -4.49. The van der Waals surface area contributed by atoms with Gasteiger partial charge in [-0.15, -0.1) is 0 Å². The molecule has 1 heterocycles. The Morgan fingerprint density at radius 3 is 2.66 bits per heavy atom. The number of hydrogen-bond donors (Lipinski definition) is 1. The van der Waals surface area contributed by atoms with Crippen LogP contribution in [0.4, 0.5) is 0 Å². The molecule has 0 aliphatic heterocycles. The van der Waals surface area contributed by atoms with E-state index < -0.39 is 5.91 Å². The lowest BCUT2D eigenvalue weighted by Crippen LogP contribution is -2.23. The Morgan fingerprint density at radius 1 is 1.09 bits per heavy atom. The van der Waals surface area contributed by atoms with Gasteiger partial charge in [-0.25, -0.2) is 0 Å². The number of carbonyl (C=O) groups is 1. The predicted molar refractivity (Wildman–Crippen MR) is 117 cm³/mol. The van der Waals surface area contributed by atoms with Gasteiger partial charge in [0.25, 0.3) is 5.91 Å². The van der Waals surface area contributed by atoms with Gasteiger partial charge in [0.2, 0.25) is 0 Å². The van der Waals surface area contributed by atoms with Crippen molar-refractivity contribution in [1.29, 1.82) is 10.5 Å². The highest BCUT2D eigenvalue weighted by Crippen LogP contribution is 2.30. The van der Waals surface area contributed by atoms with Gasteiger partial charge >= 0.3 is 0 Å². The summed E-state index contributed by atoms with van der Waals surface area (Å²) in [5.74, 6) is 1.06. The zero-order chi connectivity index (χ0) is 22.8. The average Bonchev–Trinajstić information content (AvgIpc) is 3.34. The second-order valence-electron chi connectivity index (χ2n) is 6.63. The predicted octanol–water partition coefficient (Wildman–Crippen LogP) is 4.35. The summed E-state index contributed by atoms with van der Waals surface area (Å²) in [5.41, 5.74) is 1.88. The van der Waals surface area contributed by atoms with E-state index in [0.29, 0.717) is 35.0 Å². The molecular weight excluding hydrogens is 406 g/mol. The molecule has 32 heavy (non-hydrogen) atoms. The van der Waals surface area contributed by atoms with Crippen molar-refractivity contribution in [2.24, 2.45) is 0 Å². The number of nitrogens with one attached hydrogen (secondary N) is 1. The first-order chi connectivity index (χ1) is 15.6. The van der Waals surface area contributed by atoms with Gasteiger partial charge in [0.1, 0.15) is 24.0 Å². The van der Waals surface area contributed by atoms with Gasteiger partial charge in [0.15, 0.2) is 11.5 Å². The summed E-state index contributed by atoms with van der Waals surface area (Å²) >= 11 is 0. The topological polar surface area (TPSA) is 108 Å². The fourth-order valence-corrected chi connectivity index (χ4v) is 2.90. The molecule has 0 aliphatic carbocycles. The van der Waals surface area contributed by atoms with E-state index in [1.165, 1.54) is 12.3 Å². The lowest BCUT2D eigenvalue weighted by molar-refractivity contribution is -0.117. The Bertz CT molecular complexity index is 1180. The van der Waals surface area contributed by atoms with Crippen molar-refractivity contribution in [3.63, 3.8) is 0 Å². The molecule has 2 aromatic carbocycles. The fraction of sp³-hybridized carbons (Fsp3) is 0.160. The van der Waals surface area contributed by atoms with Crippen molar-refractivity contribution < 1.29 is 18.7 Å². The second-order valence-corrected chi connectivity index (χ2v) is 6.63. The summed E-state index contributed by atoms with van der Waals surface area (Å²) in [6.45, 7) is 2.65. The van der Waals surface area contributed by atoms with Crippen molar-refractivity contribution in [2.45, 2.75) is 20.1 Å². The largest absolute Gasteiger partial charge is 0.490 e. The Balaban J connectivity index is 1.75. The van der Waals surface area contributed by atoms with Crippen LogP contribution in [0.3, 0.4) is 0 Å². The summed E-state index contributed by atoms with van der Waals surface area (Å²) in [5, 5.41) is 21.3. The third-order valence-electron chi connectivity index (χ3n) is 4.47. The third-order valence-corrected chi connectivity index (χ3v) is 4.47. The molecular formula is C25H21N3O4. The minimum Gasteiger partial charge on any atom is -0.490 e. The number of benzene rings is 2. The van der Waals surface area contributed by atoms with Crippen LogP contribution in [0, 0.1) is 22.7 Å². The molecule has 1 aromatic heterocycles. The van der Waals surface area contributed by atoms with E-state index in [0.717, 1.165) is 5.56 Å². The minimum absolute atomic E-state index is 0.0457. The molecule has 1 amide bonds. The van der Waals surface area contributed by atoms with Crippen molar-refractivity contribution in [1.82, 2.24) is 5.32 Å². The Kier molecular flexibility index (Phi) is 7.67. The SMILES string of the molecule is CCOc1cc(/C=C(\C#N)C(=O)NCc2ccco2)ccc1OCc1ccccc1C#N. The van der Waals surface area contributed by atoms with Gasteiger partial charge in [0, 0.05) is 5.56 Å². The van der Waals surface area contributed by atoms with Crippen molar-refractivity contribution in [3.8, 4) is 23.6 Å². The molecule has 160 valence electrons. The maximum Gasteiger partial charge on any atom is 0.262 e. The summed E-state index contributed by atoms with van der Waals surface area (Å²) in [4.78, 5) is 12.3. The second kappa shape index (κ2) is 11.1. The van der Waals surface area contributed by atoms with Crippen LogP contribution in [0.5, 0.6) is 11.5 Å². The van der Waals surface area contributed by atoms with E-state index in [9.17, 15) is 15.3 Å². The van der Waals surface area contributed by atoms with Gasteiger partial charge in [0.05, 0.1) is 31.0 Å². The Morgan fingerprint density at radius 2 is 1.94 bits per heavy atom. The molecule has 0 spiro atoms. The molecule has 3 aromatic rings. The van der Waals surface area contributed by atoms with Crippen LogP contribution in [0.2, 0.25) is 0 Å². The number of amides is 1. The molecule has 0 radical (unpaired) electrons. The minimum atomic E-state index is -0.504. The van der Waals surface area contributed by atoms with Crippen molar-refractivity contribution >= 4 is 12.0 Å². The van der Waals surface area contributed by atoms with Gasteiger partial charge in [-0.2, -0.15) is 10.5 Å². The van der Waals surface area contributed by atoms with Crippen LogP contribution in [-0.4, -0.2) is 12.5 Å². The zero-order valence-corrected chi connectivity index (χ0v) is 17.5. The Labute approximate surface area is 186 Å². The van der Waals surface area contributed by atoms with Gasteiger partial charge in [-0.1, -0.05) is 24.3 Å². The van der Waals surface area contributed by atoms with Crippen molar-refractivity contribution in [2.75, 3.05) is 6.61 Å². The van der Waals surface area contributed by atoms with Crippen LogP contribution < -0.4 is 14.8 Å². The maximum absolute atomic E-state index is 12.3. The number of furan rings is 1. The molecule has 0 fully saturated rings. The number of nitrogens with zero attached hydrogens (tertiary/aromatic N) is 2. The number of carbonyl (C=O) groups excluding carboxylic acids is 1. The first kappa shape index (κ1) is 22.2. The monoisotopic (exact) mass is 427 g/mol. The van der Waals surface area contributed by atoms with E-state index in [1.807, 2.05) is 25.1 Å². The lowest BCUT2D eigenvalue weighted by atomic mass is 10.1. The summed E-state index contributed by atoms with van der Waals surface area (Å²) in [6, 6.07) is 19.9. The van der Waals surface area contributed by atoms with Crippen LogP contribution in [0.1, 0.15) is 29.4 Å². The molecule has 1 N–H and O–H groups in total. The van der Waals surface area contributed by atoms with E-state index in [2.05, 4.69) is 11.4 Å².